The number of hydrogen-bond donors (Lipinski definition) is 5. The molecular weight excluding hydrogens is 406 g/mol. The number of ether oxygens (including phenoxy) is 1. The highest BCUT2D eigenvalue weighted by molar-refractivity contribution is 6.10. The molecule has 0 bridgehead atoms. The summed E-state index contributed by atoms with van der Waals surface area (Å²) in [5, 5.41) is 21.8. The summed E-state index contributed by atoms with van der Waals surface area (Å²) in [4.78, 5) is 6.58. The predicted octanol–water partition coefficient (Wildman–Crippen LogP) is 2.13. The van der Waals surface area contributed by atoms with Gasteiger partial charge in [-0.3, -0.25) is 0 Å². The average Bonchev–Trinajstić information content (AvgIpc) is 2.79. The van der Waals surface area contributed by atoms with Crippen LogP contribution < -0.4 is 26.4 Å². The molecule has 0 aromatic heterocycles. The zero-order chi connectivity index (χ0) is 22.9. The Morgan fingerprint density at radius 1 is 1.03 bits per heavy atom. The fourth-order valence-corrected chi connectivity index (χ4v) is 3.37. The van der Waals surface area contributed by atoms with Gasteiger partial charge >= 0.3 is 0 Å². The van der Waals surface area contributed by atoms with Crippen LogP contribution in [-0.4, -0.2) is 54.9 Å². The van der Waals surface area contributed by atoms with E-state index in [4.69, 9.17) is 16.2 Å². The smallest absolute Gasteiger partial charge is 0.119 e. The highest BCUT2D eigenvalue weighted by Crippen LogP contribution is 2.23. The van der Waals surface area contributed by atoms with Crippen molar-refractivity contribution in [3.8, 4) is 5.75 Å². The van der Waals surface area contributed by atoms with E-state index in [1.165, 1.54) is 0 Å². The first-order valence-electron chi connectivity index (χ1n) is 10.6. The third kappa shape index (κ3) is 6.10. The van der Waals surface area contributed by atoms with Gasteiger partial charge in [-0.2, -0.15) is 0 Å². The first kappa shape index (κ1) is 23.3. The zero-order valence-electron chi connectivity index (χ0n) is 18.2. The minimum Gasteiger partial charge on any atom is -0.494 e. The van der Waals surface area contributed by atoms with Crippen molar-refractivity contribution in [1.82, 2.24) is 0 Å². The summed E-state index contributed by atoms with van der Waals surface area (Å²) in [6.45, 7) is 3.50. The second kappa shape index (κ2) is 11.3. The van der Waals surface area contributed by atoms with Crippen LogP contribution in [0.3, 0.4) is 0 Å². The number of benzene rings is 2. The van der Waals surface area contributed by atoms with Crippen molar-refractivity contribution in [2.24, 2.45) is 16.5 Å². The first-order valence-corrected chi connectivity index (χ1v) is 10.6. The summed E-state index contributed by atoms with van der Waals surface area (Å²) in [5.41, 5.74) is 16.9. The van der Waals surface area contributed by atoms with E-state index in [0.29, 0.717) is 31.1 Å². The lowest BCUT2D eigenvalue weighted by Gasteiger charge is -2.23. The minimum absolute atomic E-state index is 0.0144. The monoisotopic (exact) mass is 437 g/mol. The SMILES string of the molecule is CCOc1ccc(NC2=CC(=Nc3ccc(N(CCO)CCO)cc3)C(N)=CC2N)cc1. The molecule has 0 fully saturated rings. The molecule has 32 heavy (non-hydrogen) atoms. The second-order valence-corrected chi connectivity index (χ2v) is 7.28. The summed E-state index contributed by atoms with van der Waals surface area (Å²) in [7, 11) is 0. The third-order valence-electron chi connectivity index (χ3n) is 4.96. The molecule has 7 N–H and O–H groups in total. The third-order valence-corrected chi connectivity index (χ3v) is 4.96. The Balaban J connectivity index is 1.78. The van der Waals surface area contributed by atoms with Gasteiger partial charge in [-0.05, 0) is 67.6 Å². The molecule has 0 aliphatic heterocycles. The highest BCUT2D eigenvalue weighted by atomic mass is 16.5. The Hall–Kier alpha value is -3.33. The van der Waals surface area contributed by atoms with Gasteiger partial charge in [0.25, 0.3) is 0 Å². The fourth-order valence-electron chi connectivity index (χ4n) is 3.37. The number of nitrogens with zero attached hydrogens (tertiary/aromatic N) is 2. The quantitative estimate of drug-likeness (QED) is 0.385. The van der Waals surface area contributed by atoms with Crippen LogP contribution in [0, 0.1) is 0 Å². The summed E-state index contributed by atoms with van der Waals surface area (Å²) in [6.07, 6.45) is 3.63. The number of nitrogens with one attached hydrogen (secondary N) is 1. The van der Waals surface area contributed by atoms with E-state index in [9.17, 15) is 10.2 Å². The number of nitrogens with two attached hydrogens (primary N) is 2. The summed E-state index contributed by atoms with van der Waals surface area (Å²) < 4.78 is 5.48. The van der Waals surface area contributed by atoms with Crippen LogP contribution in [-0.2, 0) is 0 Å². The van der Waals surface area contributed by atoms with Crippen molar-refractivity contribution in [3.05, 3.63) is 72.1 Å². The Labute approximate surface area is 188 Å². The number of allylic oxidation sites excluding steroid dienone is 1. The number of anilines is 2. The number of aliphatic hydroxyl groups excluding tert-OH is 2. The van der Waals surface area contributed by atoms with E-state index in [1.54, 1.807) is 6.08 Å². The molecule has 1 aliphatic rings. The Kier molecular flexibility index (Phi) is 8.27. The Morgan fingerprint density at radius 2 is 1.69 bits per heavy atom. The summed E-state index contributed by atoms with van der Waals surface area (Å²) in [5.74, 6) is 0.811. The molecule has 0 saturated carbocycles. The van der Waals surface area contributed by atoms with Crippen molar-refractivity contribution in [2.45, 2.75) is 13.0 Å². The van der Waals surface area contributed by atoms with Gasteiger partial charge in [-0.15, -0.1) is 0 Å². The van der Waals surface area contributed by atoms with Crippen LogP contribution in [0.2, 0.25) is 0 Å². The van der Waals surface area contributed by atoms with Gasteiger partial charge in [-0.1, -0.05) is 0 Å². The molecular formula is C24H31N5O3. The van der Waals surface area contributed by atoms with E-state index in [-0.39, 0.29) is 19.3 Å². The number of aliphatic hydroxyl groups is 2. The zero-order valence-corrected chi connectivity index (χ0v) is 18.2. The fraction of sp³-hybridized carbons (Fsp3) is 0.292. The highest BCUT2D eigenvalue weighted by Gasteiger charge is 2.17. The van der Waals surface area contributed by atoms with E-state index >= 15 is 0 Å². The lowest BCUT2D eigenvalue weighted by molar-refractivity contribution is 0.281. The lowest BCUT2D eigenvalue weighted by atomic mass is 10.0. The molecule has 8 nitrogen and oxygen atoms in total. The van der Waals surface area contributed by atoms with Crippen molar-refractivity contribution in [2.75, 3.05) is 43.1 Å². The molecule has 170 valence electrons. The van der Waals surface area contributed by atoms with Gasteiger partial charge in [0.1, 0.15) is 5.75 Å². The normalized spacial score (nSPS) is 17.0. The van der Waals surface area contributed by atoms with Gasteiger partial charge in [0.15, 0.2) is 0 Å². The minimum atomic E-state index is -0.367. The maximum Gasteiger partial charge on any atom is 0.119 e. The maximum absolute atomic E-state index is 9.22. The molecule has 0 spiro atoms. The predicted molar refractivity (Wildman–Crippen MR) is 129 cm³/mol. The molecule has 0 heterocycles. The van der Waals surface area contributed by atoms with Crippen molar-refractivity contribution >= 4 is 22.8 Å². The van der Waals surface area contributed by atoms with E-state index in [2.05, 4.69) is 10.3 Å². The van der Waals surface area contributed by atoms with Gasteiger partial charge in [0.2, 0.25) is 0 Å². The molecule has 2 aromatic carbocycles. The molecule has 0 saturated heterocycles. The van der Waals surface area contributed by atoms with Crippen molar-refractivity contribution in [3.63, 3.8) is 0 Å². The van der Waals surface area contributed by atoms with Crippen LogP contribution in [0.4, 0.5) is 17.1 Å². The summed E-state index contributed by atoms with van der Waals surface area (Å²) >= 11 is 0. The van der Waals surface area contributed by atoms with Gasteiger partial charge in [0.05, 0.1) is 43.0 Å². The van der Waals surface area contributed by atoms with E-state index in [0.717, 1.165) is 28.5 Å². The number of rotatable bonds is 10. The molecule has 0 radical (unpaired) electrons. The second-order valence-electron chi connectivity index (χ2n) is 7.28. The molecule has 1 unspecified atom stereocenters. The molecule has 1 aliphatic carbocycles. The largest absolute Gasteiger partial charge is 0.494 e. The molecule has 1 atom stereocenters. The number of hydrogen-bond acceptors (Lipinski definition) is 8. The van der Waals surface area contributed by atoms with Crippen molar-refractivity contribution < 1.29 is 14.9 Å². The van der Waals surface area contributed by atoms with Crippen molar-refractivity contribution in [1.29, 1.82) is 0 Å². The average molecular weight is 438 g/mol. The lowest BCUT2D eigenvalue weighted by Crippen LogP contribution is -2.31. The van der Waals surface area contributed by atoms with Crippen LogP contribution >= 0.6 is 0 Å². The Bertz CT molecular complexity index is 962. The van der Waals surface area contributed by atoms with Crippen LogP contribution in [0.5, 0.6) is 5.75 Å². The standard InChI is InChI=1S/C24H31N5O3/c1-2-32-20-9-5-18(6-10-20)28-24-16-23(21(25)15-22(24)26)27-17-3-7-19(8-4-17)29(11-13-30)12-14-31/h3-10,15-16,22,28,30-31H,2,11-14,25-26H2,1H3. The van der Waals surface area contributed by atoms with E-state index < -0.39 is 0 Å². The maximum atomic E-state index is 9.22. The summed E-state index contributed by atoms with van der Waals surface area (Å²) in [6, 6.07) is 14.9. The van der Waals surface area contributed by atoms with E-state index in [1.807, 2.05) is 66.4 Å². The van der Waals surface area contributed by atoms with Gasteiger partial charge < -0.3 is 36.6 Å². The molecule has 8 heteroatoms. The van der Waals surface area contributed by atoms with Gasteiger partial charge in [-0.25, -0.2) is 4.99 Å². The van der Waals surface area contributed by atoms with Crippen LogP contribution in [0.25, 0.3) is 0 Å². The first-order chi connectivity index (χ1) is 15.5. The van der Waals surface area contributed by atoms with Gasteiger partial charge in [0, 0.05) is 30.2 Å². The topological polar surface area (TPSA) is 129 Å². The number of aliphatic imine (C=N–C) groups is 1. The molecule has 3 rings (SSSR count). The van der Waals surface area contributed by atoms with Crippen LogP contribution in [0.15, 0.2) is 77.1 Å². The molecule has 2 aromatic rings. The molecule has 0 amide bonds. The Morgan fingerprint density at radius 3 is 2.28 bits per heavy atom. The van der Waals surface area contributed by atoms with Crippen LogP contribution in [0.1, 0.15) is 6.92 Å².